The van der Waals surface area contributed by atoms with Crippen LogP contribution in [0.3, 0.4) is 0 Å². The smallest absolute Gasteiger partial charge is 0.387 e. The van der Waals surface area contributed by atoms with Crippen molar-refractivity contribution < 1.29 is 26.7 Å². The number of ether oxygens (including phenoxy) is 2. The molecule has 0 bridgehead atoms. The van der Waals surface area contributed by atoms with Crippen molar-refractivity contribution in [3.63, 3.8) is 0 Å². The number of nitrogens with zero attached hydrogens (tertiary/aromatic N) is 2. The molecule has 1 saturated heterocycles. The molecule has 1 aliphatic heterocycles. The van der Waals surface area contributed by atoms with Gasteiger partial charge in [-0.05, 0) is 48.0 Å². The van der Waals surface area contributed by atoms with E-state index in [1.54, 1.807) is 24.3 Å². The van der Waals surface area contributed by atoms with Crippen molar-refractivity contribution in [1.82, 2.24) is 4.31 Å². The highest BCUT2D eigenvalue weighted by Gasteiger charge is 2.26. The van der Waals surface area contributed by atoms with Crippen molar-refractivity contribution in [3.8, 4) is 5.75 Å². The van der Waals surface area contributed by atoms with E-state index >= 15 is 0 Å². The lowest BCUT2D eigenvalue weighted by atomic mass is 10.2. The number of rotatable bonds is 6. The maximum absolute atomic E-state index is 12.7. The van der Waals surface area contributed by atoms with Crippen LogP contribution < -0.4 is 4.74 Å². The summed E-state index contributed by atoms with van der Waals surface area (Å²) in [5.74, 6) is 0.0563. The van der Waals surface area contributed by atoms with E-state index in [0.29, 0.717) is 37.6 Å². The molecule has 0 unspecified atom stereocenters. The second-order valence-corrected chi connectivity index (χ2v) is 7.66. The fraction of sp³-hybridized carbons (Fsp3) is 0.278. The van der Waals surface area contributed by atoms with E-state index in [4.69, 9.17) is 4.74 Å². The third-order valence-corrected chi connectivity index (χ3v) is 5.79. The second kappa shape index (κ2) is 8.55. The summed E-state index contributed by atoms with van der Waals surface area (Å²) in [6.07, 6.45) is 1.52. The summed E-state index contributed by atoms with van der Waals surface area (Å²) < 4.78 is 60.5. The van der Waals surface area contributed by atoms with Crippen LogP contribution in [0.2, 0.25) is 0 Å². The lowest BCUT2D eigenvalue weighted by Gasteiger charge is -2.26. The Hall–Kier alpha value is -2.36. The standard InChI is InChI=1S/C18H18F2N2O4S/c19-18(20)26-16-6-4-14(5-7-16)13-21-15-2-1-3-17(12-15)27(23,24)22-8-10-25-11-9-22/h1-7,12-13,18H,8-11H2. The van der Waals surface area contributed by atoms with Gasteiger partial charge in [0.05, 0.1) is 23.8 Å². The summed E-state index contributed by atoms with van der Waals surface area (Å²) in [5, 5.41) is 0. The van der Waals surface area contributed by atoms with Crippen molar-refractivity contribution in [2.24, 2.45) is 4.99 Å². The molecule has 0 aliphatic carbocycles. The molecule has 0 amide bonds. The van der Waals surface area contributed by atoms with E-state index in [1.807, 2.05) is 0 Å². The van der Waals surface area contributed by atoms with Gasteiger partial charge in [0.15, 0.2) is 0 Å². The monoisotopic (exact) mass is 396 g/mol. The number of sulfonamides is 1. The van der Waals surface area contributed by atoms with Gasteiger partial charge in [-0.15, -0.1) is 0 Å². The van der Waals surface area contributed by atoms with E-state index < -0.39 is 16.6 Å². The average molecular weight is 396 g/mol. The Morgan fingerprint density at radius 1 is 1.11 bits per heavy atom. The zero-order valence-corrected chi connectivity index (χ0v) is 15.1. The minimum absolute atomic E-state index is 0.0563. The van der Waals surface area contributed by atoms with Crippen molar-refractivity contribution in [2.75, 3.05) is 26.3 Å². The number of aliphatic imine (C=N–C) groups is 1. The number of alkyl halides is 2. The molecule has 6 nitrogen and oxygen atoms in total. The number of halogens is 2. The first-order valence-corrected chi connectivity index (χ1v) is 9.66. The van der Waals surface area contributed by atoms with Gasteiger partial charge < -0.3 is 9.47 Å². The maximum atomic E-state index is 12.7. The van der Waals surface area contributed by atoms with Gasteiger partial charge in [0.25, 0.3) is 0 Å². The molecular weight excluding hydrogens is 378 g/mol. The van der Waals surface area contributed by atoms with Crippen LogP contribution in [0.1, 0.15) is 5.56 Å². The summed E-state index contributed by atoms with van der Waals surface area (Å²) in [7, 11) is -3.59. The molecule has 1 aliphatic rings. The van der Waals surface area contributed by atoms with Gasteiger partial charge in [-0.3, -0.25) is 4.99 Å². The minimum Gasteiger partial charge on any atom is -0.435 e. The molecule has 144 valence electrons. The molecule has 3 rings (SSSR count). The largest absolute Gasteiger partial charge is 0.435 e. The van der Waals surface area contributed by atoms with Crippen molar-refractivity contribution >= 4 is 21.9 Å². The number of morpholine rings is 1. The Balaban J connectivity index is 1.74. The van der Waals surface area contributed by atoms with Crippen molar-refractivity contribution in [2.45, 2.75) is 11.5 Å². The highest BCUT2D eigenvalue weighted by Crippen LogP contribution is 2.22. The summed E-state index contributed by atoms with van der Waals surface area (Å²) in [6.45, 7) is -1.48. The van der Waals surface area contributed by atoms with Gasteiger partial charge in [-0.1, -0.05) is 6.07 Å². The third kappa shape index (κ3) is 5.09. The highest BCUT2D eigenvalue weighted by molar-refractivity contribution is 7.89. The lowest BCUT2D eigenvalue weighted by molar-refractivity contribution is -0.0498. The van der Waals surface area contributed by atoms with Crippen LogP contribution in [-0.2, 0) is 14.8 Å². The number of benzene rings is 2. The van der Waals surface area contributed by atoms with Gasteiger partial charge in [0.1, 0.15) is 5.75 Å². The SMILES string of the molecule is O=S(=O)(c1cccc(N=Cc2ccc(OC(F)F)cc2)c1)N1CCOCC1. The molecule has 0 N–H and O–H groups in total. The molecule has 0 atom stereocenters. The van der Waals surface area contributed by atoms with Gasteiger partial charge in [-0.25, -0.2) is 8.42 Å². The summed E-state index contributed by atoms with van der Waals surface area (Å²) in [5.41, 5.74) is 1.13. The fourth-order valence-corrected chi connectivity index (χ4v) is 3.99. The van der Waals surface area contributed by atoms with Crippen LogP contribution in [0.15, 0.2) is 58.4 Å². The van der Waals surface area contributed by atoms with E-state index in [2.05, 4.69) is 9.73 Å². The topological polar surface area (TPSA) is 68.2 Å². The van der Waals surface area contributed by atoms with Crippen LogP contribution >= 0.6 is 0 Å². The molecule has 0 radical (unpaired) electrons. The molecular formula is C18H18F2N2O4S. The normalized spacial score (nSPS) is 16.1. The predicted octanol–water partition coefficient (Wildman–Crippen LogP) is 3.06. The molecule has 27 heavy (non-hydrogen) atoms. The number of hydrogen-bond acceptors (Lipinski definition) is 5. The molecule has 0 aromatic heterocycles. The molecule has 9 heteroatoms. The molecule has 1 heterocycles. The Morgan fingerprint density at radius 2 is 1.81 bits per heavy atom. The van der Waals surface area contributed by atoms with Crippen molar-refractivity contribution in [1.29, 1.82) is 0 Å². The minimum atomic E-state index is -3.59. The fourth-order valence-electron chi connectivity index (χ4n) is 2.54. The first kappa shape index (κ1) is 19.4. The molecule has 0 spiro atoms. The molecule has 2 aromatic rings. The lowest BCUT2D eigenvalue weighted by Crippen LogP contribution is -2.40. The predicted molar refractivity (Wildman–Crippen MR) is 96.3 cm³/mol. The Labute approximate surface area is 156 Å². The maximum Gasteiger partial charge on any atom is 0.387 e. The summed E-state index contributed by atoms with van der Waals surface area (Å²) in [4.78, 5) is 4.43. The average Bonchev–Trinajstić information content (AvgIpc) is 2.68. The number of hydrogen-bond donors (Lipinski definition) is 0. The van der Waals surface area contributed by atoms with Crippen LogP contribution in [0.5, 0.6) is 5.75 Å². The van der Waals surface area contributed by atoms with E-state index in [9.17, 15) is 17.2 Å². The summed E-state index contributed by atoms with van der Waals surface area (Å²) >= 11 is 0. The molecule has 2 aromatic carbocycles. The van der Waals surface area contributed by atoms with Crippen LogP contribution in [0.4, 0.5) is 14.5 Å². The second-order valence-electron chi connectivity index (χ2n) is 5.72. The van der Waals surface area contributed by atoms with Gasteiger partial charge in [-0.2, -0.15) is 13.1 Å². The molecule has 1 fully saturated rings. The third-order valence-electron chi connectivity index (χ3n) is 3.89. The highest BCUT2D eigenvalue weighted by atomic mass is 32.2. The van der Waals surface area contributed by atoms with Crippen LogP contribution in [0, 0.1) is 0 Å². The zero-order valence-electron chi connectivity index (χ0n) is 14.3. The van der Waals surface area contributed by atoms with Gasteiger partial charge in [0, 0.05) is 19.3 Å². The zero-order chi connectivity index (χ0) is 19.3. The van der Waals surface area contributed by atoms with E-state index in [0.717, 1.165) is 0 Å². The van der Waals surface area contributed by atoms with Gasteiger partial charge >= 0.3 is 6.61 Å². The van der Waals surface area contributed by atoms with Crippen LogP contribution in [0.25, 0.3) is 0 Å². The first-order chi connectivity index (χ1) is 12.9. The Morgan fingerprint density at radius 3 is 2.48 bits per heavy atom. The quantitative estimate of drug-likeness (QED) is 0.704. The van der Waals surface area contributed by atoms with Gasteiger partial charge in [0.2, 0.25) is 10.0 Å². The Bertz CT molecular complexity index is 896. The van der Waals surface area contributed by atoms with Crippen molar-refractivity contribution in [3.05, 3.63) is 54.1 Å². The van der Waals surface area contributed by atoms with Crippen LogP contribution in [-0.4, -0.2) is 51.9 Å². The first-order valence-electron chi connectivity index (χ1n) is 8.22. The Kier molecular flexibility index (Phi) is 6.15. The van der Waals surface area contributed by atoms with E-state index in [1.165, 1.54) is 34.8 Å². The summed E-state index contributed by atoms with van der Waals surface area (Å²) in [6, 6.07) is 12.3. The van der Waals surface area contributed by atoms with E-state index in [-0.39, 0.29) is 10.6 Å². The molecule has 0 saturated carbocycles.